The van der Waals surface area contributed by atoms with Crippen LogP contribution < -0.4 is 10.2 Å². The molecule has 11 heteroatoms. The Morgan fingerprint density at radius 2 is 2.08 bits per heavy atom. The van der Waals surface area contributed by atoms with E-state index in [-0.39, 0.29) is 23.4 Å². The fraction of sp³-hybridized carbons (Fsp3) is 0.400. The Hall–Kier alpha value is -3.28. The number of rotatable bonds is 8. The van der Waals surface area contributed by atoms with Crippen molar-refractivity contribution in [3.05, 3.63) is 48.4 Å². The minimum atomic E-state index is -3.77. The lowest BCUT2D eigenvalue weighted by Crippen LogP contribution is -2.43. The quantitative estimate of drug-likeness (QED) is 0.465. The van der Waals surface area contributed by atoms with Crippen molar-refractivity contribution in [1.82, 2.24) is 13.9 Å². The molecule has 1 N–H and O–H groups in total. The van der Waals surface area contributed by atoms with Crippen LogP contribution in [0.2, 0.25) is 0 Å². The molecular formula is C25H29N5O5S. The molecule has 0 saturated carbocycles. The number of nitrogens with zero attached hydrogens (tertiary/aromatic N) is 4. The summed E-state index contributed by atoms with van der Waals surface area (Å²) >= 11 is 0. The third kappa shape index (κ3) is 4.27. The van der Waals surface area contributed by atoms with Gasteiger partial charge in [-0.25, -0.2) is 13.4 Å². The highest BCUT2D eigenvalue weighted by atomic mass is 32.2. The number of imidazole rings is 1. The van der Waals surface area contributed by atoms with Gasteiger partial charge in [0.2, 0.25) is 5.91 Å². The van der Waals surface area contributed by atoms with E-state index in [0.717, 1.165) is 22.9 Å². The summed E-state index contributed by atoms with van der Waals surface area (Å²) in [6.07, 6.45) is 4.80. The van der Waals surface area contributed by atoms with Crippen molar-refractivity contribution in [2.75, 3.05) is 43.6 Å². The highest BCUT2D eigenvalue weighted by Gasteiger charge is 2.35. The number of anilines is 2. The Morgan fingerprint density at radius 1 is 1.25 bits per heavy atom. The molecule has 2 aromatic carbocycles. The molecule has 0 spiro atoms. The molecule has 1 unspecified atom stereocenters. The van der Waals surface area contributed by atoms with Crippen LogP contribution in [-0.4, -0.2) is 67.4 Å². The first-order valence-corrected chi connectivity index (χ1v) is 13.4. The molecule has 1 fully saturated rings. The summed E-state index contributed by atoms with van der Waals surface area (Å²) in [6, 6.07) is 9.18. The van der Waals surface area contributed by atoms with E-state index in [0.29, 0.717) is 43.8 Å². The highest BCUT2D eigenvalue weighted by Crippen LogP contribution is 2.41. The number of aromatic nitrogens is 2. The van der Waals surface area contributed by atoms with Crippen LogP contribution in [0.3, 0.4) is 0 Å². The number of benzene rings is 2. The van der Waals surface area contributed by atoms with Crippen LogP contribution in [-0.2, 0) is 26.6 Å². The smallest absolute Gasteiger partial charge is 0.262 e. The van der Waals surface area contributed by atoms with Gasteiger partial charge in [0.1, 0.15) is 0 Å². The molecule has 2 amide bonds. The molecule has 36 heavy (non-hydrogen) atoms. The number of carbonyl (C=O) groups is 2. The van der Waals surface area contributed by atoms with Gasteiger partial charge in [0.05, 0.1) is 17.9 Å². The third-order valence-electron chi connectivity index (χ3n) is 6.81. The van der Waals surface area contributed by atoms with Gasteiger partial charge < -0.3 is 19.5 Å². The molecule has 1 aromatic heterocycles. The normalized spacial score (nSPS) is 18.2. The predicted molar refractivity (Wildman–Crippen MR) is 135 cm³/mol. The molecule has 1 saturated heterocycles. The monoisotopic (exact) mass is 511 g/mol. The molecule has 3 aromatic rings. The van der Waals surface area contributed by atoms with Crippen molar-refractivity contribution in [2.45, 2.75) is 24.3 Å². The Bertz CT molecular complexity index is 1430. The van der Waals surface area contributed by atoms with E-state index in [1.54, 1.807) is 29.7 Å². The third-order valence-corrected chi connectivity index (χ3v) is 8.56. The second-order valence-corrected chi connectivity index (χ2v) is 11.1. The van der Waals surface area contributed by atoms with Crippen LogP contribution in [0.4, 0.5) is 11.4 Å². The van der Waals surface area contributed by atoms with Gasteiger partial charge in [-0.3, -0.25) is 9.59 Å². The lowest BCUT2D eigenvalue weighted by molar-refractivity contribution is -0.120. The minimum Gasteiger partial charge on any atom is -0.385 e. The summed E-state index contributed by atoms with van der Waals surface area (Å²) < 4.78 is 34.1. The van der Waals surface area contributed by atoms with Gasteiger partial charge in [-0.1, -0.05) is 12.1 Å². The summed E-state index contributed by atoms with van der Waals surface area (Å²) in [7, 11) is -0.425. The lowest BCUT2D eigenvalue weighted by atomic mass is 9.98. The van der Waals surface area contributed by atoms with Gasteiger partial charge in [0.25, 0.3) is 15.9 Å². The SMILES string of the molecule is COCCCN1C(=O)c2cccc3c(NC(=O)C4CCCN(S(=O)(=O)c5cn(C)cn5)C4)ccc1c23. The van der Waals surface area contributed by atoms with E-state index in [2.05, 4.69) is 10.3 Å². The molecule has 3 heterocycles. The van der Waals surface area contributed by atoms with Gasteiger partial charge in [-0.2, -0.15) is 4.31 Å². The van der Waals surface area contributed by atoms with Crippen LogP contribution in [0.1, 0.15) is 29.6 Å². The van der Waals surface area contributed by atoms with E-state index >= 15 is 0 Å². The van der Waals surface area contributed by atoms with Crippen LogP contribution in [0.5, 0.6) is 0 Å². The zero-order valence-corrected chi connectivity index (χ0v) is 21.1. The van der Waals surface area contributed by atoms with Crippen molar-refractivity contribution in [3.63, 3.8) is 0 Å². The van der Waals surface area contributed by atoms with Crippen molar-refractivity contribution < 1.29 is 22.7 Å². The van der Waals surface area contributed by atoms with Crippen molar-refractivity contribution in [2.24, 2.45) is 13.0 Å². The maximum atomic E-state index is 13.3. The summed E-state index contributed by atoms with van der Waals surface area (Å²) in [5, 5.41) is 4.60. The first kappa shape index (κ1) is 24.4. The maximum Gasteiger partial charge on any atom is 0.262 e. The van der Waals surface area contributed by atoms with Crippen molar-refractivity contribution in [3.8, 4) is 0 Å². The van der Waals surface area contributed by atoms with E-state index in [9.17, 15) is 18.0 Å². The molecule has 0 radical (unpaired) electrons. The number of hydrogen-bond donors (Lipinski definition) is 1. The minimum absolute atomic E-state index is 0.0155. The fourth-order valence-electron chi connectivity index (χ4n) is 5.01. The maximum absolute atomic E-state index is 13.3. The standard InChI is InChI=1S/C25H29N5O5S/c1-28-15-22(26-16-28)36(33,34)29-11-4-6-17(14-29)24(31)27-20-9-10-21-23-18(20)7-3-8-19(23)25(32)30(21)12-5-13-35-2/h3,7-10,15-17H,4-6,11-14H2,1-2H3,(H,27,31). The number of piperidine rings is 1. The average Bonchev–Trinajstić information content (AvgIpc) is 3.44. The second-order valence-electron chi connectivity index (χ2n) is 9.23. The summed E-state index contributed by atoms with van der Waals surface area (Å²) in [4.78, 5) is 32.0. The zero-order chi connectivity index (χ0) is 25.4. The van der Waals surface area contributed by atoms with Gasteiger partial charge in [0.15, 0.2) is 5.03 Å². The topological polar surface area (TPSA) is 114 Å². The fourth-order valence-corrected chi connectivity index (χ4v) is 6.50. The summed E-state index contributed by atoms with van der Waals surface area (Å²) in [5.41, 5.74) is 2.04. The van der Waals surface area contributed by atoms with Gasteiger partial charge >= 0.3 is 0 Å². The molecular weight excluding hydrogens is 482 g/mol. The van der Waals surface area contributed by atoms with Crippen molar-refractivity contribution in [1.29, 1.82) is 0 Å². The van der Waals surface area contributed by atoms with E-state index in [1.165, 1.54) is 16.8 Å². The first-order chi connectivity index (χ1) is 17.3. The van der Waals surface area contributed by atoms with E-state index in [1.807, 2.05) is 24.3 Å². The van der Waals surface area contributed by atoms with Gasteiger partial charge in [-0.15, -0.1) is 0 Å². The Morgan fingerprint density at radius 3 is 2.83 bits per heavy atom. The lowest BCUT2D eigenvalue weighted by Gasteiger charge is -2.30. The van der Waals surface area contributed by atoms with Gasteiger partial charge in [-0.05, 0) is 37.5 Å². The molecule has 0 aliphatic carbocycles. The second kappa shape index (κ2) is 9.64. The number of ether oxygens (including phenoxy) is 1. The number of aryl methyl sites for hydroxylation is 1. The van der Waals surface area contributed by atoms with E-state index < -0.39 is 15.9 Å². The number of carbonyl (C=O) groups excluding carboxylic acids is 2. The molecule has 2 aliphatic rings. The average molecular weight is 512 g/mol. The van der Waals surface area contributed by atoms with Crippen molar-refractivity contribution >= 4 is 44.0 Å². The molecule has 0 bridgehead atoms. The Kier molecular flexibility index (Phi) is 6.54. The highest BCUT2D eigenvalue weighted by molar-refractivity contribution is 7.89. The van der Waals surface area contributed by atoms with Crippen LogP contribution in [0, 0.1) is 5.92 Å². The molecule has 5 rings (SSSR count). The molecule has 10 nitrogen and oxygen atoms in total. The van der Waals surface area contributed by atoms with Crippen LogP contribution in [0.15, 0.2) is 47.9 Å². The number of amides is 2. The molecule has 190 valence electrons. The number of hydrogen-bond acceptors (Lipinski definition) is 6. The molecule has 1 atom stereocenters. The number of methoxy groups -OCH3 is 1. The zero-order valence-electron chi connectivity index (χ0n) is 20.3. The first-order valence-electron chi connectivity index (χ1n) is 12.0. The van der Waals surface area contributed by atoms with Crippen LogP contribution >= 0.6 is 0 Å². The summed E-state index contributed by atoms with van der Waals surface area (Å²) in [6.45, 7) is 1.55. The predicted octanol–water partition coefficient (Wildman–Crippen LogP) is 2.61. The largest absolute Gasteiger partial charge is 0.385 e. The number of sulfonamides is 1. The Balaban J connectivity index is 1.36. The van der Waals surface area contributed by atoms with E-state index in [4.69, 9.17) is 4.74 Å². The Labute approximate surface area is 209 Å². The number of nitrogens with one attached hydrogen (secondary N) is 1. The van der Waals surface area contributed by atoms with Gasteiger partial charge in [0, 0.05) is 68.6 Å². The molecule has 2 aliphatic heterocycles. The summed E-state index contributed by atoms with van der Waals surface area (Å²) in [5.74, 6) is -0.789. The van der Waals surface area contributed by atoms with Crippen LogP contribution in [0.25, 0.3) is 10.8 Å².